The first-order valence-corrected chi connectivity index (χ1v) is 4.48. The van der Waals surface area contributed by atoms with Gasteiger partial charge in [-0.15, -0.1) is 0 Å². The summed E-state index contributed by atoms with van der Waals surface area (Å²) in [5.74, 6) is -0.109. The average Bonchev–Trinajstić information content (AvgIpc) is 2.71. The molecule has 0 aliphatic carbocycles. The van der Waals surface area contributed by atoms with Crippen LogP contribution in [-0.4, -0.2) is 36.6 Å². The zero-order valence-electron chi connectivity index (χ0n) is 8.24. The molecule has 2 aliphatic heterocycles. The molecule has 0 radical (unpaired) electrons. The molecule has 0 aromatic heterocycles. The molecule has 1 amide bonds. The van der Waals surface area contributed by atoms with E-state index in [-0.39, 0.29) is 12.4 Å². The van der Waals surface area contributed by atoms with Crippen LogP contribution in [0.4, 0.5) is 5.82 Å². The Kier molecular flexibility index (Phi) is 2.41. The van der Waals surface area contributed by atoms with Crippen molar-refractivity contribution in [3.63, 3.8) is 0 Å². The highest BCUT2D eigenvalue weighted by Gasteiger charge is 2.18. The summed E-state index contributed by atoms with van der Waals surface area (Å²) in [5.41, 5.74) is 11.0. The van der Waals surface area contributed by atoms with Gasteiger partial charge in [0.05, 0.1) is 12.9 Å². The van der Waals surface area contributed by atoms with Crippen LogP contribution in [0.3, 0.4) is 0 Å². The molecule has 1 atom stereocenters. The fourth-order valence-corrected chi connectivity index (χ4v) is 1.31. The second kappa shape index (κ2) is 3.74. The molecule has 0 spiro atoms. The number of aromatic nitrogens is 4. The van der Waals surface area contributed by atoms with Crippen LogP contribution in [0.5, 0.6) is 0 Å². The number of carbonyl (C=O) groups is 1. The van der Waals surface area contributed by atoms with Crippen molar-refractivity contribution in [1.82, 2.24) is 19.5 Å². The van der Waals surface area contributed by atoms with Gasteiger partial charge >= 0.3 is 0 Å². The molecule has 8 nitrogen and oxygen atoms in total. The van der Waals surface area contributed by atoms with Crippen LogP contribution in [0.25, 0.3) is 11.5 Å². The van der Waals surface area contributed by atoms with Gasteiger partial charge in [0.2, 0.25) is 5.91 Å². The molecule has 2 heterocycles. The number of hydrogen-bond acceptors (Lipinski definition) is 6. The predicted octanol–water partition coefficient (Wildman–Crippen LogP) is -1.79. The van der Waals surface area contributed by atoms with E-state index >= 15 is 0 Å². The Morgan fingerprint density at radius 3 is 2.94 bits per heavy atom. The van der Waals surface area contributed by atoms with Crippen molar-refractivity contribution in [1.29, 1.82) is 0 Å². The largest absolute Gasteiger partial charge is 0.382 e. The summed E-state index contributed by atoms with van der Waals surface area (Å²) in [5, 5.41) is 9.34. The van der Waals surface area contributed by atoms with Gasteiger partial charge in [0.15, 0.2) is 11.6 Å². The second-order valence-corrected chi connectivity index (χ2v) is 3.25. The van der Waals surface area contributed by atoms with E-state index in [1.54, 1.807) is 0 Å². The third kappa shape index (κ3) is 1.65. The Bertz CT molecular complexity index is 496. The highest BCUT2D eigenvalue weighted by atomic mass is 16.3. The molecule has 2 rings (SSSR count). The number of amides is 1. The molecule has 0 aromatic rings. The number of nitrogens with two attached hydrogens (primary N) is 2. The van der Waals surface area contributed by atoms with E-state index in [1.165, 1.54) is 17.2 Å². The summed E-state index contributed by atoms with van der Waals surface area (Å²) in [4.78, 5) is 22.5. The molecule has 0 saturated carbocycles. The number of fused-ring (bicyclic) bond motifs is 1. The summed E-state index contributed by atoms with van der Waals surface area (Å²) in [6.45, 7) is -0.0300. The maximum absolute atomic E-state index is 10.7. The molecule has 5 N–H and O–H groups in total. The number of primary amides is 1. The third-order valence-corrected chi connectivity index (χ3v) is 2.13. The van der Waals surface area contributed by atoms with Gasteiger partial charge in [-0.3, -0.25) is 4.79 Å². The van der Waals surface area contributed by atoms with Crippen molar-refractivity contribution in [2.24, 2.45) is 5.73 Å². The first-order chi connectivity index (χ1) is 7.59. The van der Waals surface area contributed by atoms with Crippen molar-refractivity contribution < 1.29 is 9.90 Å². The molecule has 0 fully saturated rings. The van der Waals surface area contributed by atoms with Crippen LogP contribution >= 0.6 is 0 Å². The highest BCUT2D eigenvalue weighted by Crippen LogP contribution is 2.21. The van der Waals surface area contributed by atoms with Crippen molar-refractivity contribution in [3.8, 4) is 11.5 Å². The minimum Gasteiger partial charge on any atom is -0.382 e. The van der Waals surface area contributed by atoms with Crippen molar-refractivity contribution in [2.75, 3.05) is 5.73 Å². The first-order valence-electron chi connectivity index (χ1n) is 4.48. The lowest BCUT2D eigenvalue weighted by Gasteiger charge is -2.13. The zero-order chi connectivity index (χ0) is 11.7. The Morgan fingerprint density at radius 2 is 2.25 bits per heavy atom. The maximum Gasteiger partial charge on any atom is 0.248 e. The van der Waals surface area contributed by atoms with Crippen molar-refractivity contribution in [3.05, 3.63) is 12.7 Å². The van der Waals surface area contributed by atoms with Gasteiger partial charge in [-0.1, -0.05) is 0 Å². The molecule has 16 heavy (non-hydrogen) atoms. The molecule has 8 heteroatoms. The minimum atomic E-state index is -1.30. The van der Waals surface area contributed by atoms with Crippen LogP contribution in [0.15, 0.2) is 12.7 Å². The fourth-order valence-electron chi connectivity index (χ4n) is 1.31. The van der Waals surface area contributed by atoms with E-state index in [9.17, 15) is 9.90 Å². The van der Waals surface area contributed by atoms with Crippen LogP contribution in [0.2, 0.25) is 0 Å². The first kappa shape index (κ1) is 10.3. The van der Waals surface area contributed by atoms with Gasteiger partial charge in [0, 0.05) is 0 Å². The van der Waals surface area contributed by atoms with Gasteiger partial charge in [-0.2, -0.15) is 0 Å². The summed E-state index contributed by atoms with van der Waals surface area (Å²) in [6, 6.07) is 0. The van der Waals surface area contributed by atoms with Gasteiger partial charge < -0.3 is 21.1 Å². The molecular formula is C8H10N6O2. The average molecular weight is 222 g/mol. The van der Waals surface area contributed by atoms with Gasteiger partial charge in [0.25, 0.3) is 0 Å². The van der Waals surface area contributed by atoms with Crippen LogP contribution < -0.4 is 11.5 Å². The van der Waals surface area contributed by atoms with Crippen LogP contribution in [-0.2, 0) is 11.3 Å². The molecule has 0 bridgehead atoms. The number of aliphatic hydroxyl groups excluding tert-OH is 1. The summed E-state index contributed by atoms with van der Waals surface area (Å²) >= 11 is 0. The molecule has 1 unspecified atom stereocenters. The number of rotatable bonds is 3. The number of carbonyl (C=O) groups excluding carboxylic acids is 1. The van der Waals surface area contributed by atoms with E-state index in [0.29, 0.717) is 11.5 Å². The number of aliphatic hydroxyl groups is 1. The zero-order valence-corrected chi connectivity index (χ0v) is 8.24. The van der Waals surface area contributed by atoms with E-state index < -0.39 is 12.0 Å². The number of hydrogen-bond donors (Lipinski definition) is 3. The quantitative estimate of drug-likeness (QED) is 0.561. The van der Waals surface area contributed by atoms with E-state index in [4.69, 9.17) is 11.5 Å². The molecule has 84 valence electrons. The van der Waals surface area contributed by atoms with Gasteiger partial charge in [0.1, 0.15) is 18.1 Å². The Hall–Kier alpha value is -2.22. The monoisotopic (exact) mass is 222 g/mol. The smallest absolute Gasteiger partial charge is 0.248 e. The Balaban J connectivity index is 2.36. The maximum atomic E-state index is 10.7. The molecule has 2 aliphatic rings. The number of anilines is 1. The lowest BCUT2D eigenvalue weighted by atomic mass is 10.3. The fraction of sp³-hybridized carbons (Fsp3) is 0.250. The molecule has 0 saturated heterocycles. The molecule has 0 aromatic carbocycles. The van der Waals surface area contributed by atoms with Crippen LogP contribution in [0, 0.1) is 0 Å². The van der Waals surface area contributed by atoms with E-state index in [2.05, 4.69) is 15.0 Å². The van der Waals surface area contributed by atoms with Crippen LogP contribution in [0.1, 0.15) is 0 Å². The van der Waals surface area contributed by atoms with Gasteiger partial charge in [-0.25, -0.2) is 15.0 Å². The SMILES string of the molecule is NC(=O)C(O)Cn1cnc(N)c2ncnc1-2. The summed E-state index contributed by atoms with van der Waals surface area (Å²) < 4.78 is 1.47. The Labute approximate surface area is 90.3 Å². The van der Waals surface area contributed by atoms with E-state index in [1.807, 2.05) is 0 Å². The normalized spacial score (nSPS) is 12.8. The van der Waals surface area contributed by atoms with Gasteiger partial charge in [-0.05, 0) is 0 Å². The summed E-state index contributed by atoms with van der Waals surface area (Å²) in [6.07, 6.45) is 1.41. The molecular weight excluding hydrogens is 212 g/mol. The van der Waals surface area contributed by atoms with Crippen molar-refractivity contribution >= 4 is 11.7 Å². The second-order valence-electron chi connectivity index (χ2n) is 3.25. The topological polar surface area (TPSA) is 133 Å². The number of nitrogens with zero attached hydrogens (tertiary/aromatic N) is 4. The minimum absolute atomic E-state index is 0.0300. The number of nitrogen functional groups attached to an aromatic ring is 1. The summed E-state index contributed by atoms with van der Waals surface area (Å²) in [7, 11) is 0. The predicted molar refractivity (Wildman–Crippen MR) is 54.1 cm³/mol. The lowest BCUT2D eigenvalue weighted by molar-refractivity contribution is -0.126. The lowest BCUT2D eigenvalue weighted by Crippen LogP contribution is -2.32. The standard InChI is InChI=1S/C8H10N6O2/c9-6-5-8(12-2-11-5)14(3-13-6)1-4(15)7(10)16/h2-4,15H,1,9H2,(H2,10,16). The highest BCUT2D eigenvalue weighted by molar-refractivity contribution is 5.78. The van der Waals surface area contributed by atoms with Crippen molar-refractivity contribution in [2.45, 2.75) is 12.6 Å². The van der Waals surface area contributed by atoms with E-state index in [0.717, 1.165) is 0 Å². The number of imidazole rings is 1. The Morgan fingerprint density at radius 1 is 1.50 bits per heavy atom. The third-order valence-electron chi connectivity index (χ3n) is 2.13.